The van der Waals surface area contributed by atoms with Gasteiger partial charge in [0, 0.05) is 18.2 Å². The molecule has 0 bridgehead atoms. The third-order valence-electron chi connectivity index (χ3n) is 2.78. The van der Waals surface area contributed by atoms with Crippen LogP contribution in [0.15, 0.2) is 11.4 Å². The molecule has 0 amide bonds. The Labute approximate surface area is 130 Å². The lowest BCUT2D eigenvalue weighted by Crippen LogP contribution is -2.04. The first kappa shape index (κ1) is 16.2. The minimum atomic E-state index is -0.922. The molecule has 0 saturated carbocycles. The van der Waals surface area contributed by atoms with E-state index in [1.165, 1.54) is 17.7 Å². The second-order valence-electron chi connectivity index (χ2n) is 4.17. The molecule has 0 spiro atoms. The number of ether oxygens (including phenoxy) is 2. The highest BCUT2D eigenvalue weighted by Crippen LogP contribution is 2.34. The molecular weight excluding hydrogens is 312 g/mol. The van der Waals surface area contributed by atoms with Crippen molar-refractivity contribution < 1.29 is 19.4 Å². The summed E-state index contributed by atoms with van der Waals surface area (Å²) in [6, 6.07) is 0. The van der Waals surface area contributed by atoms with Crippen LogP contribution in [0, 0.1) is 6.92 Å². The van der Waals surface area contributed by atoms with Gasteiger partial charge in [-0.05, 0) is 12.5 Å². The molecule has 6 nitrogen and oxygen atoms in total. The number of carboxylic acids is 1. The minimum absolute atomic E-state index is 0.323. The van der Waals surface area contributed by atoms with Crippen LogP contribution in [0.5, 0.6) is 0 Å². The van der Waals surface area contributed by atoms with Crippen molar-refractivity contribution in [2.24, 2.45) is 0 Å². The summed E-state index contributed by atoms with van der Waals surface area (Å²) in [6.07, 6.45) is 1.47. The summed E-state index contributed by atoms with van der Waals surface area (Å²) in [4.78, 5) is 20.6. The summed E-state index contributed by atoms with van der Waals surface area (Å²) >= 11 is 2.73. The first-order valence-corrected chi connectivity index (χ1v) is 8.12. The van der Waals surface area contributed by atoms with Crippen molar-refractivity contribution in [3.63, 3.8) is 0 Å². The van der Waals surface area contributed by atoms with E-state index in [2.05, 4.69) is 9.97 Å². The number of rotatable bonds is 8. The van der Waals surface area contributed by atoms with Gasteiger partial charge >= 0.3 is 5.97 Å². The van der Waals surface area contributed by atoms with E-state index in [1.807, 2.05) is 0 Å². The molecule has 2 aromatic rings. The molecule has 2 heterocycles. The SMILES string of the molecule is COCCOCCSc1ncnc2sc(C(=O)O)c(C)c12. The number of methoxy groups -OCH3 is 1. The third kappa shape index (κ3) is 3.91. The van der Waals surface area contributed by atoms with Crippen molar-refractivity contribution in [3.05, 3.63) is 16.8 Å². The smallest absolute Gasteiger partial charge is 0.346 e. The second-order valence-corrected chi connectivity index (χ2v) is 6.26. The molecule has 0 aliphatic carbocycles. The maximum absolute atomic E-state index is 11.2. The van der Waals surface area contributed by atoms with Crippen molar-refractivity contribution >= 4 is 39.3 Å². The van der Waals surface area contributed by atoms with Crippen molar-refractivity contribution in [2.45, 2.75) is 11.9 Å². The van der Waals surface area contributed by atoms with Gasteiger partial charge in [0.25, 0.3) is 0 Å². The average Bonchev–Trinajstić information content (AvgIpc) is 2.81. The zero-order valence-electron chi connectivity index (χ0n) is 11.8. The van der Waals surface area contributed by atoms with Crippen LogP contribution in [0.2, 0.25) is 0 Å². The van der Waals surface area contributed by atoms with E-state index in [0.29, 0.717) is 29.5 Å². The number of thioether (sulfide) groups is 1. The molecule has 114 valence electrons. The normalized spacial score (nSPS) is 11.1. The maximum atomic E-state index is 11.2. The van der Waals surface area contributed by atoms with Gasteiger partial charge in [-0.25, -0.2) is 14.8 Å². The molecule has 8 heteroatoms. The zero-order valence-corrected chi connectivity index (χ0v) is 13.4. The van der Waals surface area contributed by atoms with Crippen LogP contribution in [0.1, 0.15) is 15.2 Å². The highest BCUT2D eigenvalue weighted by molar-refractivity contribution is 7.99. The monoisotopic (exact) mass is 328 g/mol. The van der Waals surface area contributed by atoms with Gasteiger partial charge in [-0.2, -0.15) is 0 Å². The largest absolute Gasteiger partial charge is 0.477 e. The number of carbonyl (C=O) groups is 1. The lowest BCUT2D eigenvalue weighted by Gasteiger charge is -2.04. The summed E-state index contributed by atoms with van der Waals surface area (Å²) in [5.74, 6) is -0.178. The van der Waals surface area contributed by atoms with Crippen LogP contribution >= 0.6 is 23.1 Å². The Morgan fingerprint density at radius 1 is 1.38 bits per heavy atom. The van der Waals surface area contributed by atoms with Gasteiger partial charge in [0.1, 0.15) is 21.1 Å². The maximum Gasteiger partial charge on any atom is 0.346 e. The Kier molecular flexibility index (Phi) is 5.92. The molecule has 21 heavy (non-hydrogen) atoms. The molecule has 2 aromatic heterocycles. The molecular formula is C13H16N2O4S2. The fourth-order valence-corrected chi connectivity index (χ4v) is 3.76. The van der Waals surface area contributed by atoms with Gasteiger partial charge in [-0.3, -0.25) is 0 Å². The van der Waals surface area contributed by atoms with Crippen LogP contribution in [-0.4, -0.2) is 53.7 Å². The number of carboxylic acid groups (broad SMARTS) is 1. The molecule has 0 saturated heterocycles. The van der Waals surface area contributed by atoms with Crippen molar-refractivity contribution in [3.8, 4) is 0 Å². The van der Waals surface area contributed by atoms with Gasteiger partial charge in [-0.15, -0.1) is 23.1 Å². The highest BCUT2D eigenvalue weighted by Gasteiger charge is 2.18. The number of fused-ring (bicyclic) bond motifs is 1. The molecule has 0 aromatic carbocycles. The third-order valence-corrected chi connectivity index (χ3v) is 4.93. The molecule has 1 N–H and O–H groups in total. The van der Waals surface area contributed by atoms with E-state index in [0.717, 1.165) is 21.7 Å². The standard InChI is InChI=1S/C13H16N2O4S2/c1-8-9-11(20-6-5-19-4-3-18-2)14-7-15-12(9)21-10(8)13(16)17/h7H,3-6H2,1-2H3,(H,16,17). The number of nitrogens with zero attached hydrogens (tertiary/aromatic N) is 2. The summed E-state index contributed by atoms with van der Waals surface area (Å²) in [5, 5.41) is 10.8. The second kappa shape index (κ2) is 7.69. The summed E-state index contributed by atoms with van der Waals surface area (Å²) in [6.45, 7) is 3.53. The van der Waals surface area contributed by atoms with E-state index >= 15 is 0 Å². The van der Waals surface area contributed by atoms with E-state index in [9.17, 15) is 9.90 Å². The van der Waals surface area contributed by atoms with Crippen LogP contribution in [-0.2, 0) is 9.47 Å². The van der Waals surface area contributed by atoms with Crippen LogP contribution in [0.25, 0.3) is 10.2 Å². The number of aromatic nitrogens is 2. The van der Waals surface area contributed by atoms with Gasteiger partial charge in [0.15, 0.2) is 0 Å². The number of hydrogen-bond donors (Lipinski definition) is 1. The molecule has 0 aliphatic rings. The molecule has 0 unspecified atom stereocenters. The first-order chi connectivity index (χ1) is 10.1. The van der Waals surface area contributed by atoms with Crippen LogP contribution in [0.4, 0.5) is 0 Å². The molecule has 0 fully saturated rings. The number of aromatic carboxylic acids is 1. The van der Waals surface area contributed by atoms with Gasteiger partial charge in [-0.1, -0.05) is 0 Å². The van der Waals surface area contributed by atoms with Gasteiger partial charge < -0.3 is 14.6 Å². The van der Waals surface area contributed by atoms with Gasteiger partial charge in [0.2, 0.25) is 0 Å². The first-order valence-electron chi connectivity index (χ1n) is 6.32. The van der Waals surface area contributed by atoms with Crippen molar-refractivity contribution in [1.29, 1.82) is 0 Å². The lowest BCUT2D eigenvalue weighted by atomic mass is 10.2. The van der Waals surface area contributed by atoms with Gasteiger partial charge in [0.05, 0.1) is 19.8 Å². The Balaban J connectivity index is 2.08. The molecule has 0 atom stereocenters. The predicted molar refractivity (Wildman–Crippen MR) is 82.5 cm³/mol. The molecule has 0 aliphatic heterocycles. The van der Waals surface area contributed by atoms with E-state index in [4.69, 9.17) is 9.47 Å². The van der Waals surface area contributed by atoms with Crippen molar-refractivity contribution in [2.75, 3.05) is 32.7 Å². The quantitative estimate of drug-likeness (QED) is 0.453. The summed E-state index contributed by atoms with van der Waals surface area (Å²) < 4.78 is 10.3. The average molecular weight is 328 g/mol. The Morgan fingerprint density at radius 3 is 2.90 bits per heavy atom. The molecule has 2 rings (SSSR count). The highest BCUT2D eigenvalue weighted by atomic mass is 32.2. The fourth-order valence-electron chi connectivity index (χ4n) is 1.79. The number of hydrogen-bond acceptors (Lipinski definition) is 7. The Bertz CT molecular complexity index is 630. The van der Waals surface area contributed by atoms with E-state index in [-0.39, 0.29) is 0 Å². The Morgan fingerprint density at radius 2 is 2.19 bits per heavy atom. The van der Waals surface area contributed by atoms with E-state index < -0.39 is 5.97 Å². The van der Waals surface area contributed by atoms with Crippen LogP contribution < -0.4 is 0 Å². The topological polar surface area (TPSA) is 81.5 Å². The number of aryl methyl sites for hydroxylation is 1. The molecule has 0 radical (unpaired) electrons. The van der Waals surface area contributed by atoms with Crippen molar-refractivity contribution in [1.82, 2.24) is 9.97 Å². The predicted octanol–water partition coefficient (Wildman–Crippen LogP) is 2.45. The summed E-state index contributed by atoms with van der Waals surface area (Å²) in [5.41, 5.74) is 0.728. The lowest BCUT2D eigenvalue weighted by molar-refractivity contribution is 0.0701. The number of thiophene rings is 1. The minimum Gasteiger partial charge on any atom is -0.477 e. The van der Waals surface area contributed by atoms with E-state index in [1.54, 1.807) is 25.8 Å². The zero-order chi connectivity index (χ0) is 15.2. The summed E-state index contributed by atoms with van der Waals surface area (Å²) in [7, 11) is 1.63. The Hall–Kier alpha value is -1.22. The van der Waals surface area contributed by atoms with Crippen LogP contribution in [0.3, 0.4) is 0 Å². The fraction of sp³-hybridized carbons (Fsp3) is 0.462.